The van der Waals surface area contributed by atoms with Crippen LogP contribution in [0.4, 0.5) is 13.2 Å². The number of hydrogen-bond acceptors (Lipinski definition) is 4. The van der Waals surface area contributed by atoms with Gasteiger partial charge < -0.3 is 10.2 Å². The number of halogens is 3. The third kappa shape index (κ3) is 5.39. The lowest BCUT2D eigenvalue weighted by atomic mass is 10.0. The summed E-state index contributed by atoms with van der Waals surface area (Å²) in [6.45, 7) is 0. The molecule has 0 saturated carbocycles. The van der Waals surface area contributed by atoms with Gasteiger partial charge in [0.2, 0.25) is 10.0 Å². The monoisotopic (exact) mass is 503 g/mol. The highest BCUT2D eigenvalue weighted by molar-refractivity contribution is 7.89. The molecule has 1 atom stereocenters. The van der Waals surface area contributed by atoms with Gasteiger partial charge in [0.05, 0.1) is 10.5 Å². The second kappa shape index (κ2) is 9.20. The van der Waals surface area contributed by atoms with Crippen LogP contribution in [0.5, 0.6) is 5.75 Å². The van der Waals surface area contributed by atoms with E-state index in [2.05, 4.69) is 4.72 Å². The molecule has 6 nitrogen and oxygen atoms in total. The third-order valence-corrected chi connectivity index (χ3v) is 7.27. The number of rotatable bonds is 6. The molecule has 10 heteroatoms. The zero-order chi connectivity index (χ0) is 25.4. The number of aromatic hydroxyl groups is 1. The smallest absolute Gasteiger partial charge is 0.417 e. The highest BCUT2D eigenvalue weighted by atomic mass is 32.2. The summed E-state index contributed by atoms with van der Waals surface area (Å²) in [4.78, 5) is 9.81. The minimum atomic E-state index is -4.95. The topological polar surface area (TPSA) is 104 Å². The molecule has 3 aromatic rings. The Balaban J connectivity index is 1.62. The summed E-state index contributed by atoms with van der Waals surface area (Å²) in [5, 5.41) is 18.8. The van der Waals surface area contributed by atoms with E-state index in [1.807, 2.05) is 0 Å². The fraction of sp³-hybridized carbons (Fsp3) is 0.160. The van der Waals surface area contributed by atoms with E-state index in [0.29, 0.717) is 11.6 Å². The van der Waals surface area contributed by atoms with Crippen LogP contribution in [0.3, 0.4) is 0 Å². The van der Waals surface area contributed by atoms with Crippen LogP contribution >= 0.6 is 0 Å². The first-order valence-corrected chi connectivity index (χ1v) is 12.0. The van der Waals surface area contributed by atoms with E-state index < -0.39 is 38.7 Å². The third-order valence-electron chi connectivity index (χ3n) is 5.69. The van der Waals surface area contributed by atoms with E-state index in [-0.39, 0.29) is 29.7 Å². The number of alkyl halides is 3. The number of para-hydroxylation sites is 1. The molecule has 182 valence electrons. The van der Waals surface area contributed by atoms with Gasteiger partial charge >= 0.3 is 12.1 Å². The fourth-order valence-corrected chi connectivity index (χ4v) is 5.59. The number of hydrogen-bond donors (Lipinski definition) is 3. The summed E-state index contributed by atoms with van der Waals surface area (Å²) in [7, 11) is -4.54. The van der Waals surface area contributed by atoms with Crippen LogP contribution in [0, 0.1) is 0 Å². The van der Waals surface area contributed by atoms with Crippen molar-refractivity contribution in [3.63, 3.8) is 0 Å². The molecule has 0 heterocycles. The predicted molar refractivity (Wildman–Crippen MR) is 123 cm³/mol. The molecular formula is C25H20F3NO5S. The maximum atomic E-state index is 13.9. The summed E-state index contributed by atoms with van der Waals surface area (Å²) < 4.78 is 70.1. The van der Waals surface area contributed by atoms with Crippen molar-refractivity contribution in [2.45, 2.75) is 30.0 Å². The fourth-order valence-electron chi connectivity index (χ4n) is 4.15. The van der Waals surface area contributed by atoms with Crippen molar-refractivity contribution in [3.05, 3.63) is 89.0 Å². The molecular weight excluding hydrogens is 483 g/mol. The Morgan fingerprint density at radius 2 is 1.71 bits per heavy atom. The number of carboxylic acid groups (broad SMARTS) is 1. The van der Waals surface area contributed by atoms with Gasteiger partial charge in [-0.3, -0.25) is 0 Å². The van der Waals surface area contributed by atoms with Gasteiger partial charge in [-0.1, -0.05) is 42.5 Å². The lowest BCUT2D eigenvalue weighted by Crippen LogP contribution is -2.36. The van der Waals surface area contributed by atoms with Crippen molar-refractivity contribution in [1.29, 1.82) is 0 Å². The summed E-state index contributed by atoms with van der Waals surface area (Å²) in [6, 6.07) is 13.2. The van der Waals surface area contributed by atoms with Crippen molar-refractivity contribution < 1.29 is 36.6 Å². The molecule has 0 saturated heterocycles. The van der Waals surface area contributed by atoms with Crippen LogP contribution in [-0.2, 0) is 33.8 Å². The number of carboxylic acids is 1. The first-order chi connectivity index (χ1) is 16.4. The lowest BCUT2D eigenvalue weighted by Gasteiger charge is -2.18. The molecule has 3 N–H and O–H groups in total. The molecule has 0 fully saturated rings. The summed E-state index contributed by atoms with van der Waals surface area (Å²) in [5.41, 5.74) is 1.09. The zero-order valence-corrected chi connectivity index (χ0v) is 18.9. The molecule has 0 radical (unpaired) electrons. The Hall–Kier alpha value is -3.63. The second-order valence-electron chi connectivity index (χ2n) is 8.15. The Labute approximate surface area is 199 Å². The summed E-state index contributed by atoms with van der Waals surface area (Å²) in [5.74, 6) is -1.33. The van der Waals surface area contributed by atoms with Gasteiger partial charge in [0.15, 0.2) is 0 Å². The van der Waals surface area contributed by atoms with Crippen LogP contribution in [0.15, 0.2) is 71.6 Å². The number of fused-ring (bicyclic) bond motifs is 1. The highest BCUT2D eigenvalue weighted by Crippen LogP contribution is 2.39. The van der Waals surface area contributed by atoms with Crippen molar-refractivity contribution in [3.8, 4) is 16.9 Å². The second-order valence-corrected chi connectivity index (χ2v) is 9.83. The largest absolute Gasteiger partial charge is 0.507 e. The SMILES string of the molecule is O=C(O)C=Cc1ccc2c(c1)CC(NS(=O)(=O)c1ccc(-c3ccccc3O)cc1C(F)(F)F)C2. The predicted octanol–water partition coefficient (Wildman–Crippen LogP) is 4.62. The zero-order valence-electron chi connectivity index (χ0n) is 18.1. The van der Waals surface area contributed by atoms with Crippen LogP contribution in [0.2, 0.25) is 0 Å². The van der Waals surface area contributed by atoms with E-state index in [1.54, 1.807) is 24.3 Å². The first-order valence-electron chi connectivity index (χ1n) is 10.5. The molecule has 3 aromatic carbocycles. The van der Waals surface area contributed by atoms with Crippen LogP contribution in [0.25, 0.3) is 17.2 Å². The minimum absolute atomic E-state index is 0.0320. The van der Waals surface area contributed by atoms with Gasteiger partial charge in [-0.05, 0) is 59.4 Å². The molecule has 0 aromatic heterocycles. The van der Waals surface area contributed by atoms with Gasteiger partial charge in [-0.25, -0.2) is 17.9 Å². The summed E-state index contributed by atoms with van der Waals surface area (Å²) >= 11 is 0. The molecule has 35 heavy (non-hydrogen) atoms. The van der Waals surface area contributed by atoms with Gasteiger partial charge in [0.25, 0.3) is 0 Å². The van der Waals surface area contributed by atoms with E-state index >= 15 is 0 Å². The van der Waals surface area contributed by atoms with E-state index in [0.717, 1.165) is 23.3 Å². The van der Waals surface area contributed by atoms with Crippen molar-refractivity contribution >= 4 is 22.1 Å². The maximum Gasteiger partial charge on any atom is 0.417 e. The Morgan fingerprint density at radius 1 is 1.00 bits per heavy atom. The molecule has 1 aliphatic carbocycles. The first kappa shape index (κ1) is 24.5. The van der Waals surface area contributed by atoms with Crippen LogP contribution in [0.1, 0.15) is 22.3 Å². The lowest BCUT2D eigenvalue weighted by molar-refractivity contribution is -0.140. The molecule has 0 amide bonds. The number of benzene rings is 3. The normalized spacial score (nSPS) is 15.9. The van der Waals surface area contributed by atoms with E-state index in [4.69, 9.17) is 5.11 Å². The van der Waals surface area contributed by atoms with Gasteiger partial charge in [-0.15, -0.1) is 0 Å². The minimum Gasteiger partial charge on any atom is -0.507 e. The number of phenolic OH excluding ortho intramolecular Hbond substituents is 1. The van der Waals surface area contributed by atoms with Crippen molar-refractivity contribution in [2.24, 2.45) is 0 Å². The molecule has 0 bridgehead atoms. The number of nitrogens with one attached hydrogen (secondary N) is 1. The van der Waals surface area contributed by atoms with Crippen molar-refractivity contribution in [1.82, 2.24) is 4.72 Å². The molecule has 0 spiro atoms. The quantitative estimate of drug-likeness (QED) is 0.426. The van der Waals surface area contributed by atoms with Gasteiger partial charge in [-0.2, -0.15) is 13.2 Å². The summed E-state index contributed by atoms with van der Waals surface area (Å²) in [6.07, 6.45) is -2.03. The Bertz CT molecular complexity index is 1430. The Kier molecular flexibility index (Phi) is 6.44. The van der Waals surface area contributed by atoms with Gasteiger partial charge in [0, 0.05) is 17.7 Å². The average Bonchev–Trinajstić information content (AvgIpc) is 3.17. The van der Waals surface area contributed by atoms with E-state index in [9.17, 15) is 31.5 Å². The number of carbonyl (C=O) groups is 1. The molecule has 0 aliphatic heterocycles. The van der Waals surface area contributed by atoms with Crippen molar-refractivity contribution in [2.75, 3.05) is 0 Å². The van der Waals surface area contributed by atoms with Gasteiger partial charge in [0.1, 0.15) is 5.75 Å². The number of sulfonamides is 1. The number of phenols is 1. The van der Waals surface area contributed by atoms with E-state index in [1.165, 1.54) is 30.3 Å². The van der Waals surface area contributed by atoms with Crippen LogP contribution in [-0.4, -0.2) is 30.6 Å². The van der Waals surface area contributed by atoms with Crippen LogP contribution < -0.4 is 4.72 Å². The number of aliphatic carboxylic acids is 1. The maximum absolute atomic E-state index is 13.9. The highest BCUT2D eigenvalue weighted by Gasteiger charge is 2.38. The standard InChI is InChI=1S/C25H20F3NO5S/c26-25(27,28)21-14-17(20-3-1-2-4-22(20)30)8-9-23(21)35(33,34)29-19-12-16-7-5-15(6-10-24(31)32)11-18(16)13-19/h1-11,14,19,29-30H,12-13H2,(H,31,32). The molecule has 4 rings (SSSR count). The average molecular weight is 503 g/mol. The molecule has 1 aliphatic rings. The Morgan fingerprint density at radius 3 is 2.40 bits per heavy atom. The molecule has 1 unspecified atom stereocenters.